The van der Waals surface area contributed by atoms with Crippen LogP contribution in [0.25, 0.3) is 0 Å². The molecule has 3 rings (SSSR count). The highest BCUT2D eigenvalue weighted by atomic mass is 35.5. The van der Waals surface area contributed by atoms with Crippen molar-refractivity contribution >= 4 is 24.8 Å². The Morgan fingerprint density at radius 3 is 2.52 bits per heavy atom. The first-order valence-electron chi connectivity index (χ1n) is 8.55. The van der Waals surface area contributed by atoms with Crippen molar-refractivity contribution in [3.63, 3.8) is 0 Å². The van der Waals surface area contributed by atoms with Gasteiger partial charge in [0.05, 0.1) is 6.61 Å². The molecule has 0 radical (unpaired) electrons. The van der Waals surface area contributed by atoms with E-state index in [1.807, 2.05) is 0 Å². The largest absolute Gasteiger partial charge is 0.493 e. The van der Waals surface area contributed by atoms with E-state index in [0.717, 1.165) is 37.9 Å². The van der Waals surface area contributed by atoms with Crippen LogP contribution in [0, 0.1) is 5.92 Å². The van der Waals surface area contributed by atoms with Gasteiger partial charge in [0.25, 0.3) is 0 Å². The fourth-order valence-corrected chi connectivity index (χ4v) is 3.37. The predicted molar refractivity (Wildman–Crippen MR) is 101 cm³/mol. The van der Waals surface area contributed by atoms with E-state index in [1.54, 1.807) is 0 Å². The number of benzene rings is 1. The van der Waals surface area contributed by atoms with Crippen LogP contribution in [0.3, 0.4) is 0 Å². The van der Waals surface area contributed by atoms with Crippen LogP contribution in [0.5, 0.6) is 5.75 Å². The molecule has 0 spiro atoms. The minimum absolute atomic E-state index is 0. The third kappa shape index (κ3) is 6.88. The molecule has 5 heteroatoms. The van der Waals surface area contributed by atoms with Gasteiger partial charge in [-0.1, -0.05) is 18.6 Å². The normalized spacial score (nSPS) is 19.5. The Kier molecular flexibility index (Phi) is 9.96. The van der Waals surface area contributed by atoms with Gasteiger partial charge in [-0.25, -0.2) is 0 Å². The maximum atomic E-state index is 6.03. The van der Waals surface area contributed by atoms with Crippen molar-refractivity contribution < 1.29 is 4.74 Å². The second-order valence-corrected chi connectivity index (χ2v) is 6.49. The van der Waals surface area contributed by atoms with Crippen LogP contribution in [0.4, 0.5) is 0 Å². The van der Waals surface area contributed by atoms with E-state index in [0.29, 0.717) is 0 Å². The number of rotatable bonds is 5. The second kappa shape index (κ2) is 11.1. The van der Waals surface area contributed by atoms with Crippen LogP contribution >= 0.6 is 24.8 Å². The highest BCUT2D eigenvalue weighted by Gasteiger charge is 2.14. The molecule has 0 amide bonds. The summed E-state index contributed by atoms with van der Waals surface area (Å²) >= 11 is 0. The number of hydrogen-bond acceptors (Lipinski definition) is 3. The van der Waals surface area contributed by atoms with E-state index in [1.165, 1.54) is 50.8 Å². The van der Waals surface area contributed by atoms with Crippen LogP contribution in [0.1, 0.15) is 37.7 Å². The van der Waals surface area contributed by atoms with Crippen molar-refractivity contribution in [2.75, 3.05) is 32.8 Å². The van der Waals surface area contributed by atoms with E-state index in [2.05, 4.69) is 34.5 Å². The van der Waals surface area contributed by atoms with Gasteiger partial charge in [0, 0.05) is 6.54 Å². The van der Waals surface area contributed by atoms with Gasteiger partial charge in [0.1, 0.15) is 5.75 Å². The van der Waals surface area contributed by atoms with Gasteiger partial charge < -0.3 is 10.1 Å². The first kappa shape index (κ1) is 20.6. The molecule has 0 saturated carbocycles. The second-order valence-electron chi connectivity index (χ2n) is 6.49. The average molecular weight is 361 g/mol. The summed E-state index contributed by atoms with van der Waals surface area (Å²) in [6.45, 7) is 6.73. The maximum absolute atomic E-state index is 6.03. The van der Waals surface area contributed by atoms with E-state index < -0.39 is 0 Å². The molecule has 2 saturated heterocycles. The molecule has 2 aliphatic rings. The molecule has 2 heterocycles. The third-order valence-electron chi connectivity index (χ3n) is 4.70. The van der Waals surface area contributed by atoms with Gasteiger partial charge in [0.2, 0.25) is 0 Å². The fourth-order valence-electron chi connectivity index (χ4n) is 3.37. The zero-order chi connectivity index (χ0) is 14.3. The highest BCUT2D eigenvalue weighted by Crippen LogP contribution is 2.19. The van der Waals surface area contributed by atoms with Gasteiger partial charge in [-0.15, -0.1) is 24.8 Å². The Balaban J connectivity index is 0.00000132. The Labute approximate surface area is 153 Å². The molecule has 23 heavy (non-hydrogen) atoms. The zero-order valence-corrected chi connectivity index (χ0v) is 15.5. The SMILES string of the molecule is Cl.Cl.c1cc(CN2CCCCC2)cc(OCC2CCNCC2)c1. The lowest BCUT2D eigenvalue weighted by Crippen LogP contribution is -2.30. The monoisotopic (exact) mass is 360 g/mol. The minimum Gasteiger partial charge on any atom is -0.493 e. The molecule has 2 aliphatic heterocycles. The number of ether oxygens (including phenoxy) is 1. The lowest BCUT2D eigenvalue weighted by Gasteiger charge is -2.26. The topological polar surface area (TPSA) is 24.5 Å². The molecule has 0 aliphatic carbocycles. The first-order chi connectivity index (χ1) is 10.4. The number of nitrogens with zero attached hydrogens (tertiary/aromatic N) is 1. The molecule has 0 aromatic heterocycles. The summed E-state index contributed by atoms with van der Waals surface area (Å²) in [6, 6.07) is 8.69. The van der Waals surface area contributed by atoms with Crippen LogP contribution in [-0.2, 0) is 6.54 Å². The van der Waals surface area contributed by atoms with Crippen molar-refractivity contribution in [2.24, 2.45) is 5.92 Å². The molecule has 3 nitrogen and oxygen atoms in total. The summed E-state index contributed by atoms with van der Waals surface area (Å²) in [5.74, 6) is 1.76. The predicted octanol–water partition coefficient (Wildman–Crippen LogP) is 3.89. The average Bonchev–Trinajstić information content (AvgIpc) is 2.55. The highest BCUT2D eigenvalue weighted by molar-refractivity contribution is 5.85. The summed E-state index contributed by atoms with van der Waals surface area (Å²) in [5, 5.41) is 3.41. The van der Waals surface area contributed by atoms with Crippen molar-refractivity contribution in [3.05, 3.63) is 29.8 Å². The fraction of sp³-hybridized carbons (Fsp3) is 0.667. The molecule has 0 unspecified atom stereocenters. The standard InChI is InChI=1S/C18H28N2O.2ClH/c1-2-11-20(12-3-1)14-17-5-4-6-18(13-17)21-15-16-7-9-19-10-8-16;;/h4-6,13,16,19H,1-3,7-12,14-15H2;2*1H. The quantitative estimate of drug-likeness (QED) is 0.861. The van der Waals surface area contributed by atoms with Gasteiger partial charge in [-0.2, -0.15) is 0 Å². The number of likely N-dealkylation sites (tertiary alicyclic amines) is 1. The molecule has 1 aromatic carbocycles. The van der Waals surface area contributed by atoms with Crippen LogP contribution < -0.4 is 10.1 Å². The number of nitrogens with one attached hydrogen (secondary N) is 1. The zero-order valence-electron chi connectivity index (χ0n) is 13.8. The lowest BCUT2D eigenvalue weighted by molar-refractivity contribution is 0.212. The van der Waals surface area contributed by atoms with Crippen molar-refractivity contribution in [1.82, 2.24) is 10.2 Å². The molecule has 1 N–H and O–H groups in total. The molecule has 132 valence electrons. The van der Waals surface area contributed by atoms with Crippen LogP contribution in [0.15, 0.2) is 24.3 Å². The van der Waals surface area contributed by atoms with E-state index in [9.17, 15) is 0 Å². The van der Waals surface area contributed by atoms with Crippen molar-refractivity contribution in [1.29, 1.82) is 0 Å². The summed E-state index contributed by atoms with van der Waals surface area (Å²) < 4.78 is 6.03. The van der Waals surface area contributed by atoms with E-state index in [4.69, 9.17) is 4.74 Å². The smallest absolute Gasteiger partial charge is 0.119 e. The summed E-state index contributed by atoms with van der Waals surface area (Å²) in [7, 11) is 0. The maximum Gasteiger partial charge on any atom is 0.119 e. The Hall–Kier alpha value is -0.480. The number of piperidine rings is 2. The van der Waals surface area contributed by atoms with Crippen molar-refractivity contribution in [3.8, 4) is 5.75 Å². The van der Waals surface area contributed by atoms with Crippen molar-refractivity contribution in [2.45, 2.75) is 38.6 Å². The molecule has 0 atom stereocenters. The van der Waals surface area contributed by atoms with Gasteiger partial charge in [-0.05, 0) is 75.5 Å². The Morgan fingerprint density at radius 2 is 1.78 bits per heavy atom. The van der Waals surface area contributed by atoms with Gasteiger partial charge in [-0.3, -0.25) is 4.90 Å². The molecule has 1 aromatic rings. The molecule has 2 fully saturated rings. The minimum atomic E-state index is 0. The molecular weight excluding hydrogens is 331 g/mol. The number of halogens is 2. The van der Waals surface area contributed by atoms with Crippen LogP contribution in [0.2, 0.25) is 0 Å². The summed E-state index contributed by atoms with van der Waals surface area (Å²) in [6.07, 6.45) is 6.59. The van der Waals surface area contributed by atoms with Gasteiger partial charge in [0.15, 0.2) is 0 Å². The summed E-state index contributed by atoms with van der Waals surface area (Å²) in [5.41, 5.74) is 1.39. The number of hydrogen-bond donors (Lipinski definition) is 1. The summed E-state index contributed by atoms with van der Waals surface area (Å²) in [4.78, 5) is 2.56. The lowest BCUT2D eigenvalue weighted by atomic mass is 9.99. The third-order valence-corrected chi connectivity index (χ3v) is 4.70. The Morgan fingerprint density at radius 1 is 1.04 bits per heavy atom. The Bertz CT molecular complexity index is 433. The van der Waals surface area contributed by atoms with Crippen LogP contribution in [-0.4, -0.2) is 37.7 Å². The van der Waals surface area contributed by atoms with Gasteiger partial charge >= 0.3 is 0 Å². The molecular formula is C18H30Cl2N2O. The first-order valence-corrected chi connectivity index (χ1v) is 8.55. The van der Waals surface area contributed by atoms with E-state index >= 15 is 0 Å². The molecule has 0 bridgehead atoms. The van der Waals surface area contributed by atoms with E-state index in [-0.39, 0.29) is 24.8 Å².